The Balaban J connectivity index is 1.27. The highest BCUT2D eigenvalue weighted by Gasteiger charge is 2.21. The normalized spacial score (nSPS) is 16.5. The van der Waals surface area contributed by atoms with Crippen LogP contribution in [0.2, 0.25) is 0 Å². The van der Waals surface area contributed by atoms with Crippen LogP contribution in [-0.2, 0) is 17.8 Å². The van der Waals surface area contributed by atoms with Gasteiger partial charge < -0.3 is 19.8 Å². The summed E-state index contributed by atoms with van der Waals surface area (Å²) in [5, 5.41) is 4.28. The lowest BCUT2D eigenvalue weighted by Crippen LogP contribution is -2.35. The molecule has 0 aliphatic carbocycles. The molecule has 1 aliphatic rings. The van der Waals surface area contributed by atoms with Crippen LogP contribution in [-0.4, -0.2) is 48.6 Å². The summed E-state index contributed by atoms with van der Waals surface area (Å²) >= 11 is 0. The molecule has 30 heavy (non-hydrogen) atoms. The van der Waals surface area contributed by atoms with Crippen molar-refractivity contribution in [2.45, 2.75) is 32.4 Å². The second kappa shape index (κ2) is 9.22. The van der Waals surface area contributed by atoms with Crippen molar-refractivity contribution >= 4 is 16.8 Å². The Labute approximate surface area is 177 Å². The molecule has 2 aromatic carbocycles. The number of aromatic amines is 1. The first-order valence-corrected chi connectivity index (χ1v) is 10.5. The predicted octanol–water partition coefficient (Wildman–Crippen LogP) is 3.51. The van der Waals surface area contributed by atoms with E-state index in [1.54, 1.807) is 7.11 Å². The summed E-state index contributed by atoms with van der Waals surface area (Å²) in [6, 6.07) is 14.2. The van der Waals surface area contributed by atoms with E-state index < -0.39 is 0 Å². The summed E-state index contributed by atoms with van der Waals surface area (Å²) in [6.45, 7) is 4.97. The molecule has 1 atom stereocenters. The SMILES string of the molecule is COc1ccc2c(c1)OC(C)CN(CCC(=O)NCCc1c[nH]c3ccccc13)C2. The molecule has 2 heterocycles. The number of carbonyl (C=O) groups is 1. The van der Waals surface area contributed by atoms with Gasteiger partial charge in [0, 0.05) is 61.3 Å². The van der Waals surface area contributed by atoms with Crippen molar-refractivity contribution in [1.29, 1.82) is 0 Å². The minimum atomic E-state index is 0.0586. The molecule has 3 aromatic rings. The second-order valence-electron chi connectivity index (χ2n) is 7.85. The maximum Gasteiger partial charge on any atom is 0.221 e. The van der Waals surface area contributed by atoms with Gasteiger partial charge in [0.25, 0.3) is 0 Å². The van der Waals surface area contributed by atoms with Gasteiger partial charge in [0.15, 0.2) is 0 Å². The first kappa shape index (κ1) is 20.3. The fraction of sp³-hybridized carbons (Fsp3) is 0.375. The lowest BCUT2D eigenvalue weighted by molar-refractivity contribution is -0.121. The largest absolute Gasteiger partial charge is 0.497 e. The first-order valence-electron chi connectivity index (χ1n) is 10.5. The third-order valence-corrected chi connectivity index (χ3v) is 5.56. The Kier molecular flexibility index (Phi) is 6.23. The molecule has 158 valence electrons. The molecule has 6 nitrogen and oxygen atoms in total. The third kappa shape index (κ3) is 4.76. The van der Waals surface area contributed by atoms with Crippen LogP contribution in [0, 0.1) is 0 Å². The lowest BCUT2D eigenvalue weighted by atomic mass is 10.1. The van der Waals surface area contributed by atoms with Crippen molar-refractivity contribution in [1.82, 2.24) is 15.2 Å². The average molecular weight is 408 g/mol. The number of fused-ring (bicyclic) bond motifs is 2. The standard InChI is InChI=1S/C24H29N3O3/c1-17-15-27(16-19-7-8-20(29-2)13-23(19)30-17)12-10-24(28)25-11-9-18-14-26-22-6-4-3-5-21(18)22/h3-8,13-14,17,26H,9-12,15-16H2,1-2H3,(H,25,28). The summed E-state index contributed by atoms with van der Waals surface area (Å²) < 4.78 is 11.4. The summed E-state index contributed by atoms with van der Waals surface area (Å²) in [5.41, 5.74) is 3.49. The molecule has 0 bridgehead atoms. The zero-order chi connectivity index (χ0) is 20.9. The Morgan fingerprint density at radius 1 is 1.30 bits per heavy atom. The van der Waals surface area contributed by atoms with E-state index in [0.29, 0.717) is 19.5 Å². The molecule has 0 saturated heterocycles. The van der Waals surface area contributed by atoms with Gasteiger partial charge in [-0.3, -0.25) is 9.69 Å². The van der Waals surface area contributed by atoms with Crippen molar-refractivity contribution in [3.8, 4) is 11.5 Å². The van der Waals surface area contributed by atoms with Gasteiger partial charge in [-0.2, -0.15) is 0 Å². The summed E-state index contributed by atoms with van der Waals surface area (Å²) in [5.74, 6) is 1.75. The number of amides is 1. The van der Waals surface area contributed by atoms with Crippen molar-refractivity contribution in [3.05, 3.63) is 59.8 Å². The predicted molar refractivity (Wildman–Crippen MR) is 118 cm³/mol. The topological polar surface area (TPSA) is 66.6 Å². The quantitative estimate of drug-likeness (QED) is 0.629. The van der Waals surface area contributed by atoms with E-state index in [-0.39, 0.29) is 12.0 Å². The number of hydrogen-bond donors (Lipinski definition) is 2. The highest BCUT2D eigenvalue weighted by molar-refractivity contribution is 5.83. The summed E-state index contributed by atoms with van der Waals surface area (Å²) in [4.78, 5) is 17.9. The lowest BCUT2D eigenvalue weighted by Gasteiger charge is -2.21. The molecule has 1 unspecified atom stereocenters. The molecule has 0 spiro atoms. The molecule has 1 aliphatic heterocycles. The molecule has 0 radical (unpaired) electrons. The van der Waals surface area contributed by atoms with Crippen LogP contribution in [0.3, 0.4) is 0 Å². The number of nitrogens with one attached hydrogen (secondary N) is 2. The van der Waals surface area contributed by atoms with E-state index >= 15 is 0 Å². The highest BCUT2D eigenvalue weighted by atomic mass is 16.5. The van der Waals surface area contributed by atoms with Gasteiger partial charge in [0.2, 0.25) is 5.91 Å². The highest BCUT2D eigenvalue weighted by Crippen LogP contribution is 2.29. The van der Waals surface area contributed by atoms with Crippen LogP contribution in [0.15, 0.2) is 48.7 Å². The number of carbonyl (C=O) groups excluding carboxylic acids is 1. The molecule has 1 amide bonds. The Hall–Kier alpha value is -2.99. The smallest absolute Gasteiger partial charge is 0.221 e. The molecule has 4 rings (SSSR count). The van der Waals surface area contributed by atoms with Gasteiger partial charge in [-0.15, -0.1) is 0 Å². The van der Waals surface area contributed by atoms with Gasteiger partial charge in [0.05, 0.1) is 7.11 Å². The number of benzene rings is 2. The van der Waals surface area contributed by atoms with E-state index in [2.05, 4.69) is 34.3 Å². The number of para-hydroxylation sites is 1. The maximum absolute atomic E-state index is 12.4. The molecule has 0 fully saturated rings. The van der Waals surface area contributed by atoms with Crippen molar-refractivity contribution < 1.29 is 14.3 Å². The number of nitrogens with zero attached hydrogens (tertiary/aromatic N) is 1. The molecular weight excluding hydrogens is 378 g/mol. The van der Waals surface area contributed by atoms with Gasteiger partial charge in [-0.25, -0.2) is 0 Å². The zero-order valence-electron chi connectivity index (χ0n) is 17.6. The Morgan fingerprint density at radius 3 is 3.03 bits per heavy atom. The molecule has 6 heteroatoms. The van der Waals surface area contributed by atoms with Crippen LogP contribution in [0.4, 0.5) is 0 Å². The number of H-pyrrole nitrogens is 1. The summed E-state index contributed by atoms with van der Waals surface area (Å²) in [7, 11) is 1.66. The molecular formula is C24H29N3O3. The van der Waals surface area contributed by atoms with E-state index in [0.717, 1.165) is 42.1 Å². The summed E-state index contributed by atoms with van der Waals surface area (Å²) in [6.07, 6.45) is 3.39. The van der Waals surface area contributed by atoms with E-state index in [9.17, 15) is 4.79 Å². The van der Waals surface area contributed by atoms with E-state index in [1.165, 1.54) is 10.9 Å². The molecule has 1 aromatic heterocycles. The second-order valence-corrected chi connectivity index (χ2v) is 7.85. The number of rotatable bonds is 7. The van der Waals surface area contributed by atoms with Crippen molar-refractivity contribution in [2.24, 2.45) is 0 Å². The maximum atomic E-state index is 12.4. The molecule has 2 N–H and O–H groups in total. The van der Waals surface area contributed by atoms with Crippen LogP contribution in [0.1, 0.15) is 24.5 Å². The number of ether oxygens (including phenoxy) is 2. The minimum absolute atomic E-state index is 0.0586. The number of methoxy groups -OCH3 is 1. The Morgan fingerprint density at radius 2 is 2.17 bits per heavy atom. The van der Waals surface area contributed by atoms with E-state index in [4.69, 9.17) is 9.47 Å². The fourth-order valence-corrected chi connectivity index (χ4v) is 4.02. The van der Waals surface area contributed by atoms with Gasteiger partial charge in [-0.05, 0) is 31.0 Å². The minimum Gasteiger partial charge on any atom is -0.497 e. The molecule has 0 saturated carbocycles. The number of aromatic nitrogens is 1. The van der Waals surface area contributed by atoms with Crippen LogP contribution in [0.25, 0.3) is 10.9 Å². The van der Waals surface area contributed by atoms with Crippen LogP contribution < -0.4 is 14.8 Å². The van der Waals surface area contributed by atoms with Crippen LogP contribution in [0.5, 0.6) is 11.5 Å². The number of hydrogen-bond acceptors (Lipinski definition) is 4. The van der Waals surface area contributed by atoms with Gasteiger partial charge >= 0.3 is 0 Å². The van der Waals surface area contributed by atoms with Gasteiger partial charge in [-0.1, -0.05) is 24.3 Å². The fourth-order valence-electron chi connectivity index (χ4n) is 4.02. The zero-order valence-corrected chi connectivity index (χ0v) is 17.6. The first-order chi connectivity index (χ1) is 14.6. The van der Waals surface area contributed by atoms with E-state index in [1.807, 2.05) is 36.5 Å². The third-order valence-electron chi connectivity index (χ3n) is 5.56. The van der Waals surface area contributed by atoms with Crippen LogP contribution >= 0.6 is 0 Å². The monoisotopic (exact) mass is 407 g/mol. The van der Waals surface area contributed by atoms with Crippen molar-refractivity contribution in [3.63, 3.8) is 0 Å². The average Bonchev–Trinajstić information content (AvgIpc) is 3.08. The Bertz CT molecular complexity index is 1010. The van der Waals surface area contributed by atoms with Gasteiger partial charge in [0.1, 0.15) is 17.6 Å². The van der Waals surface area contributed by atoms with Crippen molar-refractivity contribution in [2.75, 3.05) is 26.7 Å².